The molecule has 2 amide bonds. The molecular formula is C36H32N6O2. The monoisotopic (exact) mass is 580 g/mol. The highest BCUT2D eigenvalue weighted by Crippen LogP contribution is 2.27. The SMILES string of the molecule is CC1=NN(c2ccc(C)cc2)C(=O)/C1=C\Nc1ccc(-c2ccc(N/C=C3/C(=O)N(c4ccc(C)cc4)N=C3C)cc2)cc1. The fraction of sp³-hybridized carbons (Fsp3) is 0.111. The van der Waals surface area contributed by atoms with Gasteiger partial charge < -0.3 is 10.6 Å². The Morgan fingerprint density at radius 1 is 0.500 bits per heavy atom. The number of rotatable bonds is 7. The van der Waals surface area contributed by atoms with Gasteiger partial charge in [-0.15, -0.1) is 0 Å². The van der Waals surface area contributed by atoms with E-state index in [1.807, 2.05) is 125 Å². The Kier molecular flexibility index (Phi) is 7.64. The minimum absolute atomic E-state index is 0.164. The van der Waals surface area contributed by atoms with Gasteiger partial charge >= 0.3 is 0 Å². The summed E-state index contributed by atoms with van der Waals surface area (Å²) in [6.07, 6.45) is 3.42. The van der Waals surface area contributed by atoms with E-state index in [9.17, 15) is 9.59 Å². The highest BCUT2D eigenvalue weighted by atomic mass is 16.2. The minimum atomic E-state index is -0.164. The van der Waals surface area contributed by atoms with Gasteiger partial charge in [0.1, 0.15) is 0 Å². The largest absolute Gasteiger partial charge is 0.361 e. The third kappa shape index (κ3) is 5.78. The van der Waals surface area contributed by atoms with Crippen LogP contribution in [0.2, 0.25) is 0 Å². The zero-order chi connectivity index (χ0) is 30.8. The quantitative estimate of drug-likeness (QED) is 0.223. The number of benzene rings is 4. The lowest BCUT2D eigenvalue weighted by atomic mass is 10.0. The second-order valence-electron chi connectivity index (χ2n) is 10.8. The first kappa shape index (κ1) is 28.4. The molecule has 44 heavy (non-hydrogen) atoms. The van der Waals surface area contributed by atoms with Crippen LogP contribution >= 0.6 is 0 Å². The maximum absolute atomic E-state index is 13.0. The van der Waals surface area contributed by atoms with E-state index in [4.69, 9.17) is 0 Å². The first-order chi connectivity index (χ1) is 21.3. The van der Waals surface area contributed by atoms with Crippen LogP contribution in [-0.4, -0.2) is 23.2 Å². The van der Waals surface area contributed by atoms with Gasteiger partial charge in [-0.05, 0) is 87.4 Å². The summed E-state index contributed by atoms with van der Waals surface area (Å²) in [5.74, 6) is -0.327. The van der Waals surface area contributed by atoms with Gasteiger partial charge in [-0.25, -0.2) is 0 Å². The van der Waals surface area contributed by atoms with Gasteiger partial charge in [0.25, 0.3) is 11.8 Å². The first-order valence-electron chi connectivity index (χ1n) is 14.3. The normalized spacial score (nSPS) is 16.5. The number of amides is 2. The van der Waals surface area contributed by atoms with Crippen LogP contribution in [0.5, 0.6) is 0 Å². The number of hydrogen-bond acceptors (Lipinski definition) is 6. The Hall–Kier alpha value is -5.76. The Labute approximate surface area is 256 Å². The van der Waals surface area contributed by atoms with Gasteiger partial charge in [0.05, 0.1) is 33.9 Å². The van der Waals surface area contributed by atoms with Crippen molar-refractivity contribution in [1.82, 2.24) is 0 Å². The van der Waals surface area contributed by atoms with Crippen LogP contribution in [0.15, 0.2) is 131 Å². The van der Waals surface area contributed by atoms with E-state index in [0.717, 1.165) is 45.0 Å². The molecule has 4 aromatic rings. The Balaban J connectivity index is 1.08. The number of hydrogen-bond donors (Lipinski definition) is 2. The van der Waals surface area contributed by atoms with Crippen molar-refractivity contribution in [3.8, 4) is 11.1 Å². The van der Waals surface area contributed by atoms with E-state index in [1.54, 1.807) is 12.4 Å². The molecule has 0 fully saturated rings. The summed E-state index contributed by atoms with van der Waals surface area (Å²) >= 11 is 0. The van der Waals surface area contributed by atoms with Crippen LogP contribution < -0.4 is 20.7 Å². The third-order valence-corrected chi connectivity index (χ3v) is 7.55. The van der Waals surface area contributed by atoms with E-state index < -0.39 is 0 Å². The number of carbonyl (C=O) groups excluding carboxylic acids is 2. The van der Waals surface area contributed by atoms with Gasteiger partial charge in [0, 0.05) is 23.8 Å². The van der Waals surface area contributed by atoms with Crippen molar-refractivity contribution in [2.24, 2.45) is 10.2 Å². The predicted octanol–water partition coefficient (Wildman–Crippen LogP) is 7.41. The molecule has 218 valence electrons. The topological polar surface area (TPSA) is 89.4 Å². The summed E-state index contributed by atoms with van der Waals surface area (Å²) in [4.78, 5) is 26.0. The molecule has 0 bridgehead atoms. The molecule has 4 aromatic carbocycles. The summed E-state index contributed by atoms with van der Waals surface area (Å²) in [5, 5.41) is 18.2. The van der Waals surface area contributed by atoms with Crippen molar-refractivity contribution in [3.63, 3.8) is 0 Å². The molecule has 0 atom stereocenters. The zero-order valence-electron chi connectivity index (χ0n) is 25.0. The molecule has 0 aliphatic carbocycles. The fourth-order valence-corrected chi connectivity index (χ4v) is 4.92. The maximum atomic E-state index is 13.0. The smallest absolute Gasteiger partial charge is 0.282 e. The van der Waals surface area contributed by atoms with Gasteiger partial charge in [-0.2, -0.15) is 20.2 Å². The molecule has 2 aliphatic rings. The predicted molar refractivity (Wildman–Crippen MR) is 179 cm³/mol. The Bertz CT molecular complexity index is 1710. The Morgan fingerprint density at radius 3 is 1.18 bits per heavy atom. The number of anilines is 4. The Morgan fingerprint density at radius 2 is 0.841 bits per heavy atom. The standard InChI is InChI=1S/C36H32N6O2/c1-23-5-17-31(18-6-23)41-35(43)33(25(3)39-41)21-37-29-13-9-27(10-14-29)28-11-15-30(16-12-28)38-22-34-26(4)40-42(36(34)44)32-19-7-24(2)8-20-32/h5-22,37-38H,1-4H3/b33-21-,34-22+. The number of carbonyl (C=O) groups is 2. The van der Waals surface area contributed by atoms with E-state index >= 15 is 0 Å². The molecule has 0 radical (unpaired) electrons. The number of nitrogens with zero attached hydrogens (tertiary/aromatic N) is 4. The first-order valence-corrected chi connectivity index (χ1v) is 14.3. The molecule has 0 spiro atoms. The molecule has 2 N–H and O–H groups in total. The summed E-state index contributed by atoms with van der Waals surface area (Å²) in [6.45, 7) is 7.68. The molecular weight excluding hydrogens is 548 g/mol. The number of aryl methyl sites for hydroxylation is 2. The molecule has 2 heterocycles. The van der Waals surface area contributed by atoms with Gasteiger partial charge in [0.15, 0.2) is 0 Å². The molecule has 8 heteroatoms. The van der Waals surface area contributed by atoms with Gasteiger partial charge in [0.2, 0.25) is 0 Å². The lowest BCUT2D eigenvalue weighted by Gasteiger charge is -2.12. The fourth-order valence-electron chi connectivity index (χ4n) is 4.92. The molecule has 0 unspecified atom stereocenters. The summed E-state index contributed by atoms with van der Waals surface area (Å²) in [7, 11) is 0. The number of hydrazone groups is 2. The van der Waals surface area contributed by atoms with Crippen LogP contribution in [0, 0.1) is 13.8 Å². The summed E-state index contributed by atoms with van der Waals surface area (Å²) in [6, 6.07) is 31.4. The van der Waals surface area contributed by atoms with E-state index in [-0.39, 0.29) is 11.8 Å². The lowest BCUT2D eigenvalue weighted by Crippen LogP contribution is -2.21. The van der Waals surface area contributed by atoms with Crippen LogP contribution in [0.25, 0.3) is 11.1 Å². The van der Waals surface area contributed by atoms with Gasteiger partial charge in [-0.1, -0.05) is 59.7 Å². The second-order valence-corrected chi connectivity index (χ2v) is 10.8. The molecule has 8 nitrogen and oxygen atoms in total. The highest BCUT2D eigenvalue weighted by Gasteiger charge is 2.29. The molecule has 0 saturated carbocycles. The zero-order valence-corrected chi connectivity index (χ0v) is 25.0. The van der Waals surface area contributed by atoms with Crippen molar-refractivity contribution >= 4 is 46.0 Å². The van der Waals surface area contributed by atoms with Crippen LogP contribution in [0.1, 0.15) is 25.0 Å². The van der Waals surface area contributed by atoms with E-state index in [1.165, 1.54) is 10.0 Å². The lowest BCUT2D eigenvalue weighted by molar-refractivity contribution is -0.115. The van der Waals surface area contributed by atoms with Crippen molar-refractivity contribution < 1.29 is 9.59 Å². The second kappa shape index (κ2) is 11.9. The third-order valence-electron chi connectivity index (χ3n) is 7.55. The van der Waals surface area contributed by atoms with Crippen molar-refractivity contribution in [1.29, 1.82) is 0 Å². The molecule has 2 aliphatic heterocycles. The minimum Gasteiger partial charge on any atom is -0.361 e. The van der Waals surface area contributed by atoms with Gasteiger partial charge in [-0.3, -0.25) is 9.59 Å². The maximum Gasteiger partial charge on any atom is 0.282 e. The summed E-state index contributed by atoms with van der Waals surface area (Å²) in [5.41, 5.74) is 9.93. The van der Waals surface area contributed by atoms with Crippen LogP contribution in [0.3, 0.4) is 0 Å². The molecule has 6 rings (SSSR count). The van der Waals surface area contributed by atoms with Crippen molar-refractivity contribution in [3.05, 3.63) is 132 Å². The van der Waals surface area contributed by atoms with Crippen molar-refractivity contribution in [2.45, 2.75) is 27.7 Å². The summed E-state index contributed by atoms with van der Waals surface area (Å²) < 4.78 is 0. The van der Waals surface area contributed by atoms with E-state index in [0.29, 0.717) is 22.6 Å². The average Bonchev–Trinajstić information content (AvgIpc) is 3.48. The molecule has 0 saturated heterocycles. The number of nitrogens with one attached hydrogen (secondary N) is 2. The average molecular weight is 581 g/mol. The van der Waals surface area contributed by atoms with Crippen LogP contribution in [-0.2, 0) is 9.59 Å². The van der Waals surface area contributed by atoms with E-state index in [2.05, 4.69) is 20.8 Å². The highest BCUT2D eigenvalue weighted by molar-refractivity contribution is 6.30. The molecule has 0 aromatic heterocycles. The van der Waals surface area contributed by atoms with Crippen LogP contribution in [0.4, 0.5) is 22.7 Å². The van der Waals surface area contributed by atoms with Crippen molar-refractivity contribution in [2.75, 3.05) is 20.7 Å².